The molecule has 2 fully saturated rings. The second kappa shape index (κ2) is 9.54. The molecule has 9 nitrogen and oxygen atoms in total. The molecule has 0 unspecified atom stereocenters. The van der Waals surface area contributed by atoms with Crippen LogP contribution in [-0.4, -0.2) is 59.5 Å². The van der Waals surface area contributed by atoms with E-state index in [4.69, 9.17) is 4.74 Å². The molecule has 3 aliphatic heterocycles. The fraction of sp³-hybridized carbons (Fsp3) is 0.417. The summed E-state index contributed by atoms with van der Waals surface area (Å²) in [6.07, 6.45) is 1.28. The number of nitrogens with one attached hydrogen (secondary N) is 1. The molecule has 0 spiro atoms. The van der Waals surface area contributed by atoms with Crippen LogP contribution in [0.15, 0.2) is 36.4 Å². The molecule has 2 amide bonds. The third-order valence-electron chi connectivity index (χ3n) is 6.75. The van der Waals surface area contributed by atoms with Gasteiger partial charge in [0.15, 0.2) is 0 Å². The van der Waals surface area contributed by atoms with Crippen LogP contribution in [0.25, 0.3) is 0 Å². The zero-order chi connectivity index (χ0) is 23.7. The average molecular weight is 483 g/mol. The Kier molecular flexibility index (Phi) is 6.32. The summed E-state index contributed by atoms with van der Waals surface area (Å²) >= 11 is 1.81. The fourth-order valence-corrected chi connectivity index (χ4v) is 5.77. The van der Waals surface area contributed by atoms with E-state index in [1.165, 1.54) is 11.6 Å². The highest BCUT2D eigenvalue weighted by molar-refractivity contribution is 7.99. The average Bonchev–Trinajstić information content (AvgIpc) is 2.88. The van der Waals surface area contributed by atoms with E-state index < -0.39 is 6.09 Å². The van der Waals surface area contributed by atoms with Crippen molar-refractivity contribution in [2.24, 2.45) is 0 Å². The molecule has 0 radical (unpaired) electrons. The molecule has 2 saturated heterocycles. The van der Waals surface area contributed by atoms with Crippen molar-refractivity contribution >= 4 is 40.8 Å². The van der Waals surface area contributed by atoms with Crippen molar-refractivity contribution in [3.8, 4) is 0 Å². The topological polar surface area (TPSA) is 105 Å². The minimum Gasteiger partial charge on any atom is -0.444 e. The van der Waals surface area contributed by atoms with Crippen LogP contribution in [-0.2, 0) is 11.3 Å². The number of ether oxygens (including phenoxy) is 1. The van der Waals surface area contributed by atoms with Crippen LogP contribution < -0.4 is 10.2 Å². The number of amides is 2. The maximum absolute atomic E-state index is 12.8. The van der Waals surface area contributed by atoms with Crippen LogP contribution in [0.1, 0.15) is 40.2 Å². The van der Waals surface area contributed by atoms with Crippen LogP contribution >= 0.6 is 11.8 Å². The normalized spacial score (nSPS) is 18.6. The SMILES string of the molecule is O=C1Nc2ccc(C3CCN(c4ccc(C(=O)N5CCSCC5)cc4[N+](=O)[O-])CC3)cc2CO1. The number of hydrogen-bond donors (Lipinski definition) is 1. The smallest absolute Gasteiger partial charge is 0.411 e. The van der Waals surface area contributed by atoms with Gasteiger partial charge in [-0.15, -0.1) is 0 Å². The van der Waals surface area contributed by atoms with Gasteiger partial charge in [0.25, 0.3) is 11.6 Å². The number of benzene rings is 2. The molecule has 2 aromatic rings. The maximum Gasteiger partial charge on any atom is 0.411 e. The first-order valence-corrected chi connectivity index (χ1v) is 12.6. The van der Waals surface area contributed by atoms with Gasteiger partial charge in [-0.1, -0.05) is 12.1 Å². The van der Waals surface area contributed by atoms with E-state index in [1.807, 2.05) is 28.8 Å². The number of piperidine rings is 1. The standard InChI is InChI=1S/C24H26N4O5S/c29-23(27-9-11-34-12-10-27)18-2-4-21(22(14-18)28(31)32)26-7-5-16(6-8-26)17-1-3-20-19(13-17)15-33-24(30)25-20/h1-4,13-14,16H,5-12,15H2,(H,25,30). The number of anilines is 2. The predicted molar refractivity (Wildman–Crippen MR) is 131 cm³/mol. The van der Waals surface area contributed by atoms with Crippen molar-refractivity contribution in [1.82, 2.24) is 4.90 Å². The number of cyclic esters (lactones) is 1. The number of fused-ring (bicyclic) bond motifs is 1. The molecule has 0 aromatic heterocycles. The molecule has 3 aliphatic rings. The number of thioether (sulfide) groups is 1. The molecule has 0 atom stereocenters. The van der Waals surface area contributed by atoms with Crippen molar-refractivity contribution in [3.63, 3.8) is 0 Å². The summed E-state index contributed by atoms with van der Waals surface area (Å²) in [5.74, 6) is 1.98. The van der Waals surface area contributed by atoms with E-state index in [9.17, 15) is 19.7 Å². The molecule has 34 heavy (non-hydrogen) atoms. The van der Waals surface area contributed by atoms with Crippen molar-refractivity contribution in [1.29, 1.82) is 0 Å². The molecule has 1 N–H and O–H groups in total. The van der Waals surface area contributed by atoms with Gasteiger partial charge in [0.2, 0.25) is 0 Å². The Balaban J connectivity index is 1.29. The number of hydrogen-bond acceptors (Lipinski definition) is 7. The maximum atomic E-state index is 12.8. The summed E-state index contributed by atoms with van der Waals surface area (Å²) in [6.45, 7) is 2.99. The van der Waals surface area contributed by atoms with Crippen molar-refractivity contribution in [3.05, 3.63) is 63.2 Å². The monoisotopic (exact) mass is 482 g/mol. The van der Waals surface area contributed by atoms with Gasteiger partial charge in [-0.3, -0.25) is 20.2 Å². The lowest BCUT2D eigenvalue weighted by molar-refractivity contribution is -0.384. The van der Waals surface area contributed by atoms with Crippen LogP contribution in [0.3, 0.4) is 0 Å². The molecular formula is C24H26N4O5S. The van der Waals surface area contributed by atoms with Gasteiger partial charge in [0.1, 0.15) is 12.3 Å². The van der Waals surface area contributed by atoms with Gasteiger partial charge in [-0.25, -0.2) is 4.79 Å². The molecule has 0 bridgehead atoms. The highest BCUT2D eigenvalue weighted by Gasteiger charge is 2.28. The first-order valence-electron chi connectivity index (χ1n) is 11.5. The lowest BCUT2D eigenvalue weighted by Gasteiger charge is -2.34. The van der Waals surface area contributed by atoms with Gasteiger partial charge < -0.3 is 14.5 Å². The molecular weight excluding hydrogens is 456 g/mol. The zero-order valence-corrected chi connectivity index (χ0v) is 19.5. The van der Waals surface area contributed by atoms with E-state index in [2.05, 4.69) is 11.4 Å². The quantitative estimate of drug-likeness (QED) is 0.514. The van der Waals surface area contributed by atoms with E-state index in [1.54, 1.807) is 17.0 Å². The Labute approximate surface area is 201 Å². The summed E-state index contributed by atoms with van der Waals surface area (Å²) in [7, 11) is 0. The molecule has 178 valence electrons. The summed E-state index contributed by atoms with van der Waals surface area (Å²) < 4.78 is 5.07. The Morgan fingerprint density at radius 3 is 2.59 bits per heavy atom. The number of nitro groups is 1. The first-order chi connectivity index (χ1) is 16.5. The van der Waals surface area contributed by atoms with Crippen LogP contribution in [0.5, 0.6) is 0 Å². The van der Waals surface area contributed by atoms with Gasteiger partial charge in [0.05, 0.1) is 10.6 Å². The van der Waals surface area contributed by atoms with E-state index in [0.717, 1.165) is 35.6 Å². The predicted octanol–water partition coefficient (Wildman–Crippen LogP) is 4.23. The van der Waals surface area contributed by atoms with Crippen LogP contribution in [0.4, 0.5) is 21.9 Å². The fourth-order valence-electron chi connectivity index (χ4n) is 4.87. The first kappa shape index (κ1) is 22.5. The third-order valence-corrected chi connectivity index (χ3v) is 7.69. The second-order valence-corrected chi connectivity index (χ2v) is 9.97. The highest BCUT2D eigenvalue weighted by Crippen LogP contribution is 2.37. The van der Waals surface area contributed by atoms with E-state index in [-0.39, 0.29) is 23.1 Å². The van der Waals surface area contributed by atoms with E-state index in [0.29, 0.717) is 43.3 Å². The number of carbonyl (C=O) groups excluding carboxylic acids is 2. The van der Waals surface area contributed by atoms with Crippen molar-refractivity contribution in [2.45, 2.75) is 25.4 Å². The highest BCUT2D eigenvalue weighted by atomic mass is 32.2. The summed E-state index contributed by atoms with van der Waals surface area (Å²) in [5.41, 5.74) is 3.86. The lowest BCUT2D eigenvalue weighted by Crippen LogP contribution is -2.38. The van der Waals surface area contributed by atoms with Crippen LogP contribution in [0.2, 0.25) is 0 Å². The number of rotatable bonds is 4. The number of nitrogens with zero attached hydrogens (tertiary/aromatic N) is 3. The van der Waals surface area contributed by atoms with Gasteiger partial charge in [-0.2, -0.15) is 11.8 Å². The van der Waals surface area contributed by atoms with E-state index >= 15 is 0 Å². The van der Waals surface area contributed by atoms with Gasteiger partial charge >= 0.3 is 6.09 Å². The summed E-state index contributed by atoms with van der Waals surface area (Å²) in [4.78, 5) is 39.5. The Morgan fingerprint density at radius 2 is 1.85 bits per heavy atom. The molecule has 3 heterocycles. The minimum atomic E-state index is -0.433. The molecule has 5 rings (SSSR count). The third kappa shape index (κ3) is 4.54. The largest absolute Gasteiger partial charge is 0.444 e. The van der Waals surface area contributed by atoms with Gasteiger partial charge in [0, 0.05) is 54.9 Å². The molecule has 0 aliphatic carbocycles. The minimum absolute atomic E-state index is 0.0163. The second-order valence-electron chi connectivity index (χ2n) is 8.74. The lowest BCUT2D eigenvalue weighted by atomic mass is 9.88. The molecule has 10 heteroatoms. The van der Waals surface area contributed by atoms with Crippen LogP contribution in [0, 0.1) is 10.1 Å². The summed E-state index contributed by atoms with van der Waals surface area (Å²) in [5, 5.41) is 14.6. The number of nitro benzene ring substituents is 1. The van der Waals surface area contributed by atoms with Gasteiger partial charge in [-0.05, 0) is 42.5 Å². The zero-order valence-electron chi connectivity index (χ0n) is 18.7. The Bertz CT molecular complexity index is 1130. The number of carbonyl (C=O) groups is 2. The summed E-state index contributed by atoms with van der Waals surface area (Å²) in [6, 6.07) is 10.9. The molecule has 0 saturated carbocycles. The Hall–Kier alpha value is -3.27. The molecule has 2 aromatic carbocycles. The Morgan fingerprint density at radius 1 is 1.09 bits per heavy atom. The van der Waals surface area contributed by atoms with Crippen molar-refractivity contribution < 1.29 is 19.2 Å². The van der Waals surface area contributed by atoms with Crippen molar-refractivity contribution in [2.75, 3.05) is 47.9 Å².